The number of nitrogens with zero attached hydrogens (tertiary/aromatic N) is 1. The summed E-state index contributed by atoms with van der Waals surface area (Å²) in [6, 6.07) is 11.8. The maximum atomic E-state index is 12.8. The molecule has 0 radical (unpaired) electrons. The number of hydrogen-bond donors (Lipinski definition) is 1. The lowest BCUT2D eigenvalue weighted by atomic mass is 10.1. The molecule has 2 aromatic rings. The minimum absolute atomic E-state index is 0.287. The first-order valence-electron chi connectivity index (χ1n) is 8.50. The van der Waals surface area contributed by atoms with E-state index >= 15 is 0 Å². The largest absolute Gasteiger partial charge is 0.486 e. The van der Waals surface area contributed by atoms with E-state index < -0.39 is 10.0 Å². The molecular weight excluding hydrogens is 368 g/mol. The zero-order valence-electron chi connectivity index (χ0n) is 15.4. The Labute approximate surface area is 158 Å². The van der Waals surface area contributed by atoms with Crippen LogP contribution in [0.1, 0.15) is 28.9 Å². The van der Waals surface area contributed by atoms with Crippen LogP contribution in [0.3, 0.4) is 0 Å². The summed E-state index contributed by atoms with van der Waals surface area (Å²) in [4.78, 5) is 12.8. The molecule has 1 heterocycles. The predicted molar refractivity (Wildman–Crippen MR) is 103 cm³/mol. The van der Waals surface area contributed by atoms with E-state index in [1.807, 2.05) is 25.1 Å². The number of fused-ring (bicyclic) bond motifs is 1. The van der Waals surface area contributed by atoms with Crippen molar-refractivity contribution in [3.63, 3.8) is 0 Å². The predicted octanol–water partition coefficient (Wildman–Crippen LogP) is 2.34. The fourth-order valence-electron chi connectivity index (χ4n) is 2.81. The summed E-state index contributed by atoms with van der Waals surface area (Å²) in [5, 5.41) is 2.91. The van der Waals surface area contributed by atoms with Crippen LogP contribution < -0.4 is 19.1 Å². The second-order valence-corrected chi connectivity index (χ2v) is 8.36. The fourth-order valence-corrected chi connectivity index (χ4v) is 3.32. The lowest BCUT2D eigenvalue weighted by Gasteiger charge is -2.22. The molecule has 0 aromatic heterocycles. The van der Waals surface area contributed by atoms with Crippen LogP contribution in [0.15, 0.2) is 42.5 Å². The van der Waals surface area contributed by atoms with E-state index in [9.17, 15) is 13.2 Å². The number of hydrogen-bond acceptors (Lipinski definition) is 5. The maximum Gasteiger partial charge on any atom is 0.253 e. The Morgan fingerprint density at radius 3 is 2.48 bits per heavy atom. The summed E-state index contributed by atoms with van der Waals surface area (Å²) in [5.74, 6) is 0.976. The van der Waals surface area contributed by atoms with Gasteiger partial charge in [-0.3, -0.25) is 9.10 Å². The number of anilines is 1. The first-order chi connectivity index (χ1) is 12.8. The molecule has 0 bridgehead atoms. The molecule has 1 amide bonds. The lowest BCUT2D eigenvalue weighted by molar-refractivity contribution is 0.0940. The highest BCUT2D eigenvalue weighted by Crippen LogP contribution is 2.32. The molecule has 2 aromatic carbocycles. The van der Waals surface area contributed by atoms with Crippen molar-refractivity contribution in [2.75, 3.05) is 30.8 Å². The van der Waals surface area contributed by atoms with E-state index in [0.717, 1.165) is 16.1 Å². The molecule has 1 aliphatic rings. The van der Waals surface area contributed by atoms with Crippen molar-refractivity contribution in [2.45, 2.75) is 13.0 Å². The summed E-state index contributed by atoms with van der Waals surface area (Å²) in [6.07, 6.45) is 1.10. The number of para-hydroxylation sites is 1. The van der Waals surface area contributed by atoms with E-state index in [2.05, 4.69) is 5.32 Å². The SMILES string of the molecule is C[C@@H](NC(=O)c1ccccc1N(C)S(C)(=O)=O)c1ccc2c(c1)OCCO2. The number of benzene rings is 2. The third kappa shape index (κ3) is 4.16. The Balaban J connectivity index is 1.82. The number of rotatable bonds is 5. The van der Waals surface area contributed by atoms with E-state index in [-0.39, 0.29) is 17.5 Å². The highest BCUT2D eigenvalue weighted by molar-refractivity contribution is 7.92. The van der Waals surface area contributed by atoms with Crippen LogP contribution in [0.2, 0.25) is 0 Å². The second kappa shape index (κ2) is 7.48. The summed E-state index contributed by atoms with van der Waals surface area (Å²) >= 11 is 0. The molecule has 1 aliphatic heterocycles. The van der Waals surface area contributed by atoms with Crippen molar-refractivity contribution in [1.29, 1.82) is 0 Å². The van der Waals surface area contributed by atoms with Crippen LogP contribution in [-0.2, 0) is 10.0 Å². The van der Waals surface area contributed by atoms with Gasteiger partial charge in [0.1, 0.15) is 13.2 Å². The smallest absolute Gasteiger partial charge is 0.253 e. The molecule has 8 heteroatoms. The van der Waals surface area contributed by atoms with Gasteiger partial charge in [0.05, 0.1) is 23.5 Å². The van der Waals surface area contributed by atoms with Gasteiger partial charge in [0.25, 0.3) is 5.91 Å². The third-order valence-electron chi connectivity index (χ3n) is 4.40. The van der Waals surface area contributed by atoms with Gasteiger partial charge in [-0.1, -0.05) is 18.2 Å². The Morgan fingerprint density at radius 1 is 1.11 bits per heavy atom. The molecule has 0 aliphatic carbocycles. The summed E-state index contributed by atoms with van der Waals surface area (Å²) < 4.78 is 35.9. The maximum absolute atomic E-state index is 12.8. The van der Waals surface area contributed by atoms with E-state index in [1.165, 1.54) is 7.05 Å². The molecule has 0 saturated heterocycles. The highest BCUT2D eigenvalue weighted by atomic mass is 32.2. The van der Waals surface area contributed by atoms with Gasteiger partial charge in [0.15, 0.2) is 11.5 Å². The molecular formula is C19H22N2O5S. The quantitative estimate of drug-likeness (QED) is 0.847. The molecule has 7 nitrogen and oxygen atoms in total. The van der Waals surface area contributed by atoms with Gasteiger partial charge in [0.2, 0.25) is 10.0 Å². The van der Waals surface area contributed by atoms with Crippen molar-refractivity contribution >= 4 is 21.6 Å². The molecule has 0 saturated carbocycles. The van der Waals surface area contributed by atoms with Gasteiger partial charge < -0.3 is 14.8 Å². The highest BCUT2D eigenvalue weighted by Gasteiger charge is 2.21. The lowest BCUT2D eigenvalue weighted by Crippen LogP contribution is -2.31. The third-order valence-corrected chi connectivity index (χ3v) is 5.59. The zero-order valence-corrected chi connectivity index (χ0v) is 16.2. The monoisotopic (exact) mass is 390 g/mol. The summed E-state index contributed by atoms with van der Waals surface area (Å²) in [7, 11) is -2.06. The van der Waals surface area contributed by atoms with Gasteiger partial charge in [-0.25, -0.2) is 8.42 Å². The van der Waals surface area contributed by atoms with Gasteiger partial charge >= 0.3 is 0 Å². The average Bonchev–Trinajstić information content (AvgIpc) is 2.66. The second-order valence-electron chi connectivity index (χ2n) is 6.35. The molecule has 0 unspecified atom stereocenters. The number of nitrogens with one attached hydrogen (secondary N) is 1. The van der Waals surface area contributed by atoms with Crippen LogP contribution in [0.25, 0.3) is 0 Å². The van der Waals surface area contributed by atoms with Crippen molar-refractivity contribution < 1.29 is 22.7 Å². The molecule has 1 N–H and O–H groups in total. The normalized spacial score (nSPS) is 14.3. The van der Waals surface area contributed by atoms with Crippen LogP contribution in [0.5, 0.6) is 11.5 Å². The van der Waals surface area contributed by atoms with E-state index in [4.69, 9.17) is 9.47 Å². The minimum Gasteiger partial charge on any atom is -0.486 e. The minimum atomic E-state index is -3.48. The average molecular weight is 390 g/mol. The molecule has 144 valence electrons. The number of carbonyl (C=O) groups is 1. The van der Waals surface area contributed by atoms with Gasteiger partial charge in [-0.15, -0.1) is 0 Å². The van der Waals surface area contributed by atoms with Gasteiger partial charge in [-0.2, -0.15) is 0 Å². The first-order valence-corrected chi connectivity index (χ1v) is 10.4. The Kier molecular flexibility index (Phi) is 5.27. The molecule has 3 rings (SSSR count). The number of sulfonamides is 1. The standard InChI is InChI=1S/C19H22N2O5S/c1-13(14-8-9-17-18(12-14)26-11-10-25-17)20-19(22)15-6-4-5-7-16(15)21(2)27(3,23)24/h4-9,12-13H,10-11H2,1-3H3,(H,20,22)/t13-/m1/s1. The molecule has 27 heavy (non-hydrogen) atoms. The van der Waals surface area contributed by atoms with Crippen LogP contribution in [0, 0.1) is 0 Å². The van der Waals surface area contributed by atoms with Crippen molar-refractivity contribution in [3.8, 4) is 11.5 Å². The van der Waals surface area contributed by atoms with Crippen LogP contribution in [-0.4, -0.2) is 40.8 Å². The summed E-state index contributed by atoms with van der Waals surface area (Å²) in [6.45, 7) is 2.86. The topological polar surface area (TPSA) is 84.9 Å². The van der Waals surface area contributed by atoms with Crippen molar-refractivity contribution in [1.82, 2.24) is 5.32 Å². The Bertz CT molecular complexity index is 958. The van der Waals surface area contributed by atoms with Crippen LogP contribution >= 0.6 is 0 Å². The molecule has 0 spiro atoms. The number of carbonyl (C=O) groups excluding carboxylic acids is 1. The first kappa shape index (κ1) is 19.0. The van der Waals surface area contributed by atoms with Gasteiger partial charge in [0, 0.05) is 7.05 Å². The Hall–Kier alpha value is -2.74. The molecule has 0 fully saturated rings. The Morgan fingerprint density at radius 2 is 1.78 bits per heavy atom. The van der Waals surface area contributed by atoms with E-state index in [1.54, 1.807) is 24.3 Å². The van der Waals surface area contributed by atoms with Crippen molar-refractivity contribution in [3.05, 3.63) is 53.6 Å². The van der Waals surface area contributed by atoms with Crippen molar-refractivity contribution in [2.24, 2.45) is 0 Å². The van der Waals surface area contributed by atoms with Gasteiger partial charge in [-0.05, 0) is 36.8 Å². The molecule has 1 atom stereocenters. The van der Waals surface area contributed by atoms with E-state index in [0.29, 0.717) is 30.4 Å². The zero-order chi connectivity index (χ0) is 19.6. The summed E-state index contributed by atoms with van der Waals surface area (Å²) in [5.41, 5.74) is 1.48. The number of amides is 1. The van der Waals surface area contributed by atoms with Crippen LogP contribution in [0.4, 0.5) is 5.69 Å². The number of ether oxygens (including phenoxy) is 2. The fraction of sp³-hybridized carbons (Fsp3) is 0.316.